The second-order valence-electron chi connectivity index (χ2n) is 5.00. The molecule has 1 aromatic rings. The summed E-state index contributed by atoms with van der Waals surface area (Å²) >= 11 is 0. The summed E-state index contributed by atoms with van der Waals surface area (Å²) < 4.78 is 5.82. The highest BCUT2D eigenvalue weighted by Gasteiger charge is 2.05. The molecule has 0 spiro atoms. The van der Waals surface area contributed by atoms with Gasteiger partial charge in [-0.25, -0.2) is 0 Å². The first-order valence-electron chi connectivity index (χ1n) is 6.57. The minimum atomic E-state index is 0.549. The molecule has 0 unspecified atom stereocenters. The van der Waals surface area contributed by atoms with E-state index in [2.05, 4.69) is 51.2 Å². The van der Waals surface area contributed by atoms with Gasteiger partial charge in [0, 0.05) is 18.2 Å². The zero-order valence-corrected chi connectivity index (χ0v) is 11.5. The zero-order valence-electron chi connectivity index (χ0n) is 11.5. The van der Waals surface area contributed by atoms with Crippen LogP contribution in [0.2, 0.25) is 0 Å². The monoisotopic (exact) mass is 235 g/mol. The van der Waals surface area contributed by atoms with E-state index in [-0.39, 0.29) is 0 Å². The van der Waals surface area contributed by atoms with Crippen molar-refractivity contribution < 1.29 is 4.74 Å². The molecule has 96 valence electrons. The van der Waals surface area contributed by atoms with Gasteiger partial charge in [0.15, 0.2) is 0 Å². The van der Waals surface area contributed by atoms with Gasteiger partial charge in [-0.1, -0.05) is 39.0 Å². The Morgan fingerprint density at radius 2 is 1.88 bits per heavy atom. The maximum atomic E-state index is 5.82. The number of ether oxygens (including phenoxy) is 1. The Morgan fingerprint density at radius 1 is 1.18 bits per heavy atom. The molecule has 1 atom stereocenters. The molecule has 0 saturated carbocycles. The Labute approximate surface area is 105 Å². The molecule has 0 aliphatic rings. The van der Waals surface area contributed by atoms with Crippen molar-refractivity contribution in [1.82, 2.24) is 5.32 Å². The van der Waals surface area contributed by atoms with E-state index in [1.165, 1.54) is 5.56 Å². The minimum Gasteiger partial charge on any atom is -0.493 e. The van der Waals surface area contributed by atoms with E-state index in [0.717, 1.165) is 25.3 Å². The van der Waals surface area contributed by atoms with E-state index >= 15 is 0 Å². The van der Waals surface area contributed by atoms with Crippen LogP contribution in [0.25, 0.3) is 0 Å². The summed E-state index contributed by atoms with van der Waals surface area (Å²) in [6.45, 7) is 10.4. The van der Waals surface area contributed by atoms with Crippen LogP contribution in [0.1, 0.15) is 39.7 Å². The first-order chi connectivity index (χ1) is 8.13. The molecule has 0 aliphatic heterocycles. The predicted octanol–water partition coefficient (Wildman–Crippen LogP) is 3.61. The van der Waals surface area contributed by atoms with Crippen molar-refractivity contribution >= 4 is 0 Å². The molecule has 17 heavy (non-hydrogen) atoms. The fourth-order valence-corrected chi connectivity index (χ4v) is 1.48. The number of nitrogens with one attached hydrogen (secondary N) is 1. The molecule has 0 bridgehead atoms. The highest BCUT2D eigenvalue weighted by molar-refractivity contribution is 5.33. The lowest BCUT2D eigenvalue weighted by atomic mass is 10.1. The van der Waals surface area contributed by atoms with Crippen LogP contribution in [0.3, 0.4) is 0 Å². The van der Waals surface area contributed by atoms with Crippen LogP contribution in [-0.4, -0.2) is 12.6 Å². The molecule has 0 radical (unpaired) electrons. The fourth-order valence-electron chi connectivity index (χ4n) is 1.48. The number of hydrogen-bond acceptors (Lipinski definition) is 2. The maximum Gasteiger partial charge on any atom is 0.123 e. The molecule has 1 aromatic carbocycles. The Hall–Kier alpha value is -1.02. The third-order valence-corrected chi connectivity index (χ3v) is 2.80. The number of rotatable bonds is 7. The molecule has 2 heteroatoms. The van der Waals surface area contributed by atoms with Gasteiger partial charge in [-0.3, -0.25) is 0 Å². The summed E-state index contributed by atoms with van der Waals surface area (Å²) in [6, 6.07) is 8.83. The van der Waals surface area contributed by atoms with Gasteiger partial charge in [0.1, 0.15) is 5.75 Å². The van der Waals surface area contributed by atoms with Crippen LogP contribution < -0.4 is 10.1 Å². The van der Waals surface area contributed by atoms with E-state index in [1.54, 1.807) is 0 Å². The Kier molecular flexibility index (Phi) is 6.06. The summed E-state index contributed by atoms with van der Waals surface area (Å²) in [5.41, 5.74) is 1.24. The second-order valence-corrected chi connectivity index (χ2v) is 5.00. The van der Waals surface area contributed by atoms with Gasteiger partial charge in [0.05, 0.1) is 6.61 Å². The quantitative estimate of drug-likeness (QED) is 0.779. The molecular formula is C15H25NO. The van der Waals surface area contributed by atoms with E-state index in [0.29, 0.717) is 12.0 Å². The Bertz CT molecular complexity index is 322. The van der Waals surface area contributed by atoms with Crippen LogP contribution in [0.5, 0.6) is 5.75 Å². The van der Waals surface area contributed by atoms with Gasteiger partial charge < -0.3 is 10.1 Å². The van der Waals surface area contributed by atoms with Crippen LogP contribution in [0.15, 0.2) is 24.3 Å². The van der Waals surface area contributed by atoms with Gasteiger partial charge in [-0.05, 0) is 25.3 Å². The lowest BCUT2D eigenvalue weighted by Gasteiger charge is -2.15. The van der Waals surface area contributed by atoms with Gasteiger partial charge in [0.25, 0.3) is 0 Å². The van der Waals surface area contributed by atoms with Gasteiger partial charge in [-0.15, -0.1) is 0 Å². The van der Waals surface area contributed by atoms with E-state index in [9.17, 15) is 0 Å². The highest BCUT2D eigenvalue weighted by Crippen LogP contribution is 2.18. The molecule has 0 heterocycles. The highest BCUT2D eigenvalue weighted by atomic mass is 16.5. The molecule has 0 aromatic heterocycles. The van der Waals surface area contributed by atoms with Crippen molar-refractivity contribution in [3.8, 4) is 5.75 Å². The standard InChI is InChI=1S/C15H25NO/c1-5-13(4)16-10-14-8-6-7-9-15(14)17-11-12(2)3/h6-9,12-13,16H,5,10-11H2,1-4H3/t13-/m1/s1. The smallest absolute Gasteiger partial charge is 0.123 e. The molecule has 0 aliphatic carbocycles. The van der Waals surface area contributed by atoms with Crippen molar-refractivity contribution in [3.05, 3.63) is 29.8 Å². The van der Waals surface area contributed by atoms with Gasteiger partial charge in [0.2, 0.25) is 0 Å². The second kappa shape index (κ2) is 7.33. The predicted molar refractivity (Wildman–Crippen MR) is 73.4 cm³/mol. The molecule has 1 N–H and O–H groups in total. The number of hydrogen-bond donors (Lipinski definition) is 1. The average molecular weight is 235 g/mol. The Balaban J connectivity index is 2.57. The third-order valence-electron chi connectivity index (χ3n) is 2.80. The fraction of sp³-hybridized carbons (Fsp3) is 0.600. The van der Waals surface area contributed by atoms with Crippen LogP contribution in [0.4, 0.5) is 0 Å². The van der Waals surface area contributed by atoms with Gasteiger partial charge in [-0.2, -0.15) is 0 Å². The van der Waals surface area contributed by atoms with Gasteiger partial charge >= 0.3 is 0 Å². The molecular weight excluding hydrogens is 210 g/mol. The molecule has 1 rings (SSSR count). The summed E-state index contributed by atoms with van der Waals surface area (Å²) in [7, 11) is 0. The molecule has 2 nitrogen and oxygen atoms in total. The SMILES string of the molecule is CC[C@@H](C)NCc1ccccc1OCC(C)C. The Morgan fingerprint density at radius 3 is 2.53 bits per heavy atom. The number of para-hydroxylation sites is 1. The molecule has 0 saturated heterocycles. The molecule has 0 amide bonds. The zero-order chi connectivity index (χ0) is 12.7. The summed E-state index contributed by atoms with van der Waals surface area (Å²) in [6.07, 6.45) is 1.15. The van der Waals surface area contributed by atoms with Crippen LogP contribution in [-0.2, 0) is 6.54 Å². The maximum absolute atomic E-state index is 5.82. The van der Waals surface area contributed by atoms with Crippen molar-refractivity contribution in [2.24, 2.45) is 5.92 Å². The molecule has 0 fully saturated rings. The first-order valence-corrected chi connectivity index (χ1v) is 6.57. The lowest BCUT2D eigenvalue weighted by molar-refractivity contribution is 0.267. The van der Waals surface area contributed by atoms with Crippen molar-refractivity contribution in [1.29, 1.82) is 0 Å². The van der Waals surface area contributed by atoms with Crippen molar-refractivity contribution in [3.63, 3.8) is 0 Å². The lowest BCUT2D eigenvalue weighted by Crippen LogP contribution is -2.24. The number of benzene rings is 1. The normalized spacial score (nSPS) is 12.8. The van der Waals surface area contributed by atoms with Crippen molar-refractivity contribution in [2.75, 3.05) is 6.61 Å². The minimum absolute atomic E-state index is 0.549. The third kappa shape index (κ3) is 5.22. The summed E-state index contributed by atoms with van der Waals surface area (Å²) in [4.78, 5) is 0. The van der Waals surface area contributed by atoms with Crippen molar-refractivity contribution in [2.45, 2.75) is 46.7 Å². The van der Waals surface area contributed by atoms with E-state index in [4.69, 9.17) is 4.74 Å². The van der Waals surface area contributed by atoms with Crippen LogP contribution in [0, 0.1) is 5.92 Å². The largest absolute Gasteiger partial charge is 0.493 e. The first kappa shape index (κ1) is 14.0. The van der Waals surface area contributed by atoms with E-state index in [1.807, 2.05) is 6.07 Å². The summed E-state index contributed by atoms with van der Waals surface area (Å²) in [5, 5.41) is 3.50. The van der Waals surface area contributed by atoms with E-state index < -0.39 is 0 Å². The topological polar surface area (TPSA) is 21.3 Å². The average Bonchev–Trinajstić information content (AvgIpc) is 2.34. The van der Waals surface area contributed by atoms with Crippen LogP contribution >= 0.6 is 0 Å². The summed E-state index contributed by atoms with van der Waals surface area (Å²) in [5.74, 6) is 1.57.